The van der Waals surface area contributed by atoms with E-state index in [0.29, 0.717) is 17.2 Å². The van der Waals surface area contributed by atoms with Crippen molar-refractivity contribution in [1.82, 2.24) is 15.3 Å². The third-order valence-electron chi connectivity index (χ3n) is 4.10. The molecule has 138 valence electrons. The van der Waals surface area contributed by atoms with Crippen LogP contribution in [0.25, 0.3) is 0 Å². The number of rotatable bonds is 6. The van der Waals surface area contributed by atoms with Crippen molar-refractivity contribution in [2.45, 2.75) is 26.8 Å². The number of hydrogen-bond acceptors (Lipinski definition) is 4. The Morgan fingerprint density at radius 1 is 1.07 bits per heavy atom. The molecule has 5 nitrogen and oxygen atoms in total. The van der Waals surface area contributed by atoms with Crippen molar-refractivity contribution >= 4 is 17.5 Å². The number of anilines is 2. The molecule has 0 atom stereocenters. The third-order valence-corrected chi connectivity index (χ3v) is 4.10. The van der Waals surface area contributed by atoms with Crippen LogP contribution in [0.15, 0.2) is 54.6 Å². The van der Waals surface area contributed by atoms with Gasteiger partial charge in [-0.15, -0.1) is 0 Å². The summed E-state index contributed by atoms with van der Waals surface area (Å²) in [6, 6.07) is 15.9. The summed E-state index contributed by atoms with van der Waals surface area (Å²) in [6.45, 7) is 3.98. The lowest BCUT2D eigenvalue weighted by Gasteiger charge is -2.10. The van der Waals surface area contributed by atoms with Gasteiger partial charge < -0.3 is 10.6 Å². The second-order valence-electron chi connectivity index (χ2n) is 6.17. The molecule has 0 aliphatic heterocycles. The standard InChI is InChI=1S/C21H21FN4O/c1-3-15-8-10-17(11-9-15)25-21-24-14(2)12-19(26-21)20(27)23-13-16-6-4-5-7-18(16)22/h4-12H,3,13H2,1-2H3,(H,23,27)(H,24,25,26). The third kappa shape index (κ3) is 4.88. The highest BCUT2D eigenvalue weighted by molar-refractivity contribution is 5.92. The zero-order valence-electron chi connectivity index (χ0n) is 15.3. The first-order valence-corrected chi connectivity index (χ1v) is 8.78. The monoisotopic (exact) mass is 364 g/mol. The summed E-state index contributed by atoms with van der Waals surface area (Å²) in [5, 5.41) is 5.80. The van der Waals surface area contributed by atoms with Crippen LogP contribution in [0.5, 0.6) is 0 Å². The molecule has 1 amide bonds. The van der Waals surface area contributed by atoms with Gasteiger partial charge in [-0.05, 0) is 43.2 Å². The number of aryl methyl sites for hydroxylation is 2. The topological polar surface area (TPSA) is 66.9 Å². The van der Waals surface area contributed by atoms with E-state index >= 15 is 0 Å². The second kappa shape index (κ2) is 8.40. The molecule has 2 aromatic carbocycles. The van der Waals surface area contributed by atoms with Crippen LogP contribution in [0.4, 0.5) is 16.0 Å². The summed E-state index contributed by atoms with van der Waals surface area (Å²) in [7, 11) is 0. The quantitative estimate of drug-likeness (QED) is 0.689. The van der Waals surface area contributed by atoms with Gasteiger partial charge >= 0.3 is 0 Å². The zero-order valence-corrected chi connectivity index (χ0v) is 15.3. The Labute approximate surface area is 157 Å². The highest BCUT2D eigenvalue weighted by Crippen LogP contribution is 2.15. The molecule has 0 aliphatic rings. The normalized spacial score (nSPS) is 10.5. The minimum atomic E-state index is -0.381. The molecule has 0 bridgehead atoms. The lowest BCUT2D eigenvalue weighted by atomic mass is 10.1. The van der Waals surface area contributed by atoms with E-state index in [4.69, 9.17) is 0 Å². The summed E-state index contributed by atoms with van der Waals surface area (Å²) >= 11 is 0. The number of aromatic nitrogens is 2. The molecule has 6 heteroatoms. The van der Waals surface area contributed by atoms with Crippen molar-refractivity contribution in [3.8, 4) is 0 Å². The van der Waals surface area contributed by atoms with Crippen LogP contribution in [0.3, 0.4) is 0 Å². The van der Waals surface area contributed by atoms with Crippen molar-refractivity contribution < 1.29 is 9.18 Å². The van der Waals surface area contributed by atoms with Crippen LogP contribution >= 0.6 is 0 Å². The molecule has 0 radical (unpaired) electrons. The van der Waals surface area contributed by atoms with Crippen LogP contribution < -0.4 is 10.6 Å². The lowest BCUT2D eigenvalue weighted by Crippen LogP contribution is -2.25. The summed E-state index contributed by atoms with van der Waals surface area (Å²) in [5.74, 6) is -0.391. The minimum absolute atomic E-state index is 0.0931. The van der Waals surface area contributed by atoms with Crippen LogP contribution in [0.2, 0.25) is 0 Å². The summed E-state index contributed by atoms with van der Waals surface area (Å²) in [5.41, 5.74) is 3.39. The smallest absolute Gasteiger partial charge is 0.270 e. The Morgan fingerprint density at radius 3 is 2.52 bits per heavy atom. The van der Waals surface area contributed by atoms with Gasteiger partial charge in [-0.2, -0.15) is 0 Å². The lowest BCUT2D eigenvalue weighted by molar-refractivity contribution is 0.0945. The molecule has 0 saturated carbocycles. The van der Waals surface area contributed by atoms with E-state index in [2.05, 4.69) is 27.5 Å². The maximum Gasteiger partial charge on any atom is 0.270 e. The van der Waals surface area contributed by atoms with Crippen LogP contribution in [-0.4, -0.2) is 15.9 Å². The molecule has 0 fully saturated rings. The number of carbonyl (C=O) groups excluding carboxylic acids is 1. The molecule has 2 N–H and O–H groups in total. The molecule has 3 aromatic rings. The van der Waals surface area contributed by atoms with Gasteiger partial charge in [0.1, 0.15) is 11.5 Å². The van der Waals surface area contributed by atoms with E-state index in [9.17, 15) is 9.18 Å². The summed E-state index contributed by atoms with van der Waals surface area (Å²) < 4.78 is 13.7. The summed E-state index contributed by atoms with van der Waals surface area (Å²) in [4.78, 5) is 21.0. The van der Waals surface area contributed by atoms with E-state index < -0.39 is 0 Å². The van der Waals surface area contributed by atoms with E-state index in [-0.39, 0.29) is 24.0 Å². The van der Waals surface area contributed by atoms with Gasteiger partial charge in [0.2, 0.25) is 5.95 Å². The number of carbonyl (C=O) groups is 1. The number of amides is 1. The first-order valence-electron chi connectivity index (χ1n) is 8.78. The first-order chi connectivity index (χ1) is 13.0. The van der Waals surface area contributed by atoms with Gasteiger partial charge in [-0.1, -0.05) is 37.3 Å². The average Bonchev–Trinajstić information content (AvgIpc) is 2.67. The van der Waals surface area contributed by atoms with Crippen molar-refractivity contribution in [1.29, 1.82) is 0 Å². The largest absolute Gasteiger partial charge is 0.347 e. The molecule has 3 rings (SSSR count). The number of halogens is 1. The summed E-state index contributed by atoms with van der Waals surface area (Å²) in [6.07, 6.45) is 0.966. The fraction of sp³-hybridized carbons (Fsp3) is 0.190. The van der Waals surface area contributed by atoms with Crippen molar-refractivity contribution in [2.75, 3.05) is 5.32 Å². The SMILES string of the molecule is CCc1ccc(Nc2nc(C)cc(C(=O)NCc3ccccc3F)n2)cc1. The number of hydrogen-bond donors (Lipinski definition) is 2. The molecule has 1 heterocycles. The fourth-order valence-electron chi connectivity index (χ4n) is 2.60. The van der Waals surface area contributed by atoms with Crippen molar-refractivity contribution in [3.05, 3.63) is 82.9 Å². The molecule has 0 saturated heterocycles. The number of nitrogens with zero attached hydrogens (tertiary/aromatic N) is 2. The van der Waals surface area contributed by atoms with E-state index in [1.807, 2.05) is 24.3 Å². The minimum Gasteiger partial charge on any atom is -0.347 e. The van der Waals surface area contributed by atoms with Crippen LogP contribution in [-0.2, 0) is 13.0 Å². The van der Waals surface area contributed by atoms with E-state index in [1.165, 1.54) is 11.6 Å². The fourth-order valence-corrected chi connectivity index (χ4v) is 2.60. The highest BCUT2D eigenvalue weighted by atomic mass is 19.1. The predicted octanol–water partition coefficient (Wildman–Crippen LogP) is 4.16. The number of benzene rings is 2. The van der Waals surface area contributed by atoms with E-state index in [0.717, 1.165) is 12.1 Å². The maximum absolute atomic E-state index is 13.7. The molecule has 0 aliphatic carbocycles. The Bertz CT molecular complexity index is 941. The molecule has 0 spiro atoms. The predicted molar refractivity (Wildman–Crippen MR) is 103 cm³/mol. The molecule has 1 aromatic heterocycles. The van der Waals surface area contributed by atoms with Gasteiger partial charge in [-0.3, -0.25) is 4.79 Å². The molecule has 27 heavy (non-hydrogen) atoms. The first kappa shape index (κ1) is 18.5. The Kier molecular flexibility index (Phi) is 5.76. The van der Waals surface area contributed by atoms with Crippen molar-refractivity contribution in [2.24, 2.45) is 0 Å². The van der Waals surface area contributed by atoms with Crippen molar-refractivity contribution in [3.63, 3.8) is 0 Å². The zero-order chi connectivity index (χ0) is 19.2. The van der Waals surface area contributed by atoms with Gasteiger partial charge in [-0.25, -0.2) is 14.4 Å². The number of nitrogens with one attached hydrogen (secondary N) is 2. The molecule has 0 unspecified atom stereocenters. The highest BCUT2D eigenvalue weighted by Gasteiger charge is 2.12. The molecular formula is C21H21FN4O. The maximum atomic E-state index is 13.7. The van der Waals surface area contributed by atoms with Gasteiger partial charge in [0.05, 0.1) is 0 Å². The Hall–Kier alpha value is -3.28. The second-order valence-corrected chi connectivity index (χ2v) is 6.17. The van der Waals surface area contributed by atoms with E-state index in [1.54, 1.807) is 31.2 Å². The molecular weight excluding hydrogens is 343 g/mol. The van der Waals surface area contributed by atoms with Gasteiger partial charge in [0, 0.05) is 23.5 Å². The van der Waals surface area contributed by atoms with Gasteiger partial charge in [0.25, 0.3) is 5.91 Å². The van der Waals surface area contributed by atoms with Gasteiger partial charge in [0.15, 0.2) is 0 Å². The Balaban J connectivity index is 1.72. The van der Waals surface area contributed by atoms with Crippen LogP contribution in [0, 0.1) is 12.7 Å². The van der Waals surface area contributed by atoms with Crippen LogP contribution in [0.1, 0.15) is 34.2 Å². The Morgan fingerprint density at radius 2 is 1.81 bits per heavy atom. The average molecular weight is 364 g/mol.